The zero-order chi connectivity index (χ0) is 11.4. The molecule has 84 valence electrons. The lowest BCUT2D eigenvalue weighted by Crippen LogP contribution is -2.10. The van der Waals surface area contributed by atoms with Gasteiger partial charge in [-0.3, -0.25) is 0 Å². The van der Waals surface area contributed by atoms with Gasteiger partial charge in [-0.1, -0.05) is 30.3 Å². The molecule has 0 bridgehead atoms. The molecule has 0 fully saturated rings. The van der Waals surface area contributed by atoms with Crippen LogP contribution in [0.2, 0.25) is 0 Å². The van der Waals surface area contributed by atoms with Gasteiger partial charge in [0.2, 0.25) is 0 Å². The summed E-state index contributed by atoms with van der Waals surface area (Å²) in [5, 5.41) is 0. The highest BCUT2D eigenvalue weighted by atomic mass is 79.9. The van der Waals surface area contributed by atoms with Crippen molar-refractivity contribution in [3.63, 3.8) is 0 Å². The maximum absolute atomic E-state index is 6.04. The fourth-order valence-corrected chi connectivity index (χ4v) is 1.96. The fraction of sp³-hybridized carbons (Fsp3) is 0.231. The highest BCUT2D eigenvalue weighted by Crippen LogP contribution is 2.22. The topological polar surface area (TPSA) is 39.2 Å². The second-order valence-electron chi connectivity index (χ2n) is 3.77. The molecule has 1 heterocycles. The number of furan rings is 1. The molecule has 1 aromatic heterocycles. The van der Waals surface area contributed by atoms with Gasteiger partial charge < -0.3 is 10.2 Å². The zero-order valence-corrected chi connectivity index (χ0v) is 10.5. The number of hydrogen-bond donors (Lipinski definition) is 1. The molecule has 2 rings (SSSR count). The van der Waals surface area contributed by atoms with E-state index < -0.39 is 0 Å². The van der Waals surface area contributed by atoms with Gasteiger partial charge in [0.05, 0.1) is 6.04 Å². The van der Waals surface area contributed by atoms with Crippen molar-refractivity contribution in [3.05, 3.63) is 58.5 Å². The quantitative estimate of drug-likeness (QED) is 0.928. The third kappa shape index (κ3) is 2.97. The molecule has 0 spiro atoms. The van der Waals surface area contributed by atoms with E-state index in [1.807, 2.05) is 30.3 Å². The summed E-state index contributed by atoms with van der Waals surface area (Å²) in [6.07, 6.45) is 1.87. The molecule has 0 aliphatic heterocycles. The van der Waals surface area contributed by atoms with E-state index >= 15 is 0 Å². The van der Waals surface area contributed by atoms with Gasteiger partial charge in [-0.05, 0) is 46.5 Å². The molecular weight excluding hydrogens is 266 g/mol. The number of rotatable bonds is 4. The number of aryl methyl sites for hydroxylation is 1. The third-order valence-electron chi connectivity index (χ3n) is 2.55. The van der Waals surface area contributed by atoms with E-state index in [1.54, 1.807) is 0 Å². The highest BCUT2D eigenvalue weighted by molar-refractivity contribution is 9.10. The average Bonchev–Trinajstić information content (AvgIpc) is 2.74. The molecule has 0 saturated carbocycles. The van der Waals surface area contributed by atoms with Gasteiger partial charge in [-0.2, -0.15) is 0 Å². The van der Waals surface area contributed by atoms with Crippen LogP contribution in [0.5, 0.6) is 0 Å². The Morgan fingerprint density at radius 1 is 1.12 bits per heavy atom. The summed E-state index contributed by atoms with van der Waals surface area (Å²) in [6.45, 7) is 0. The molecule has 0 radical (unpaired) electrons. The van der Waals surface area contributed by atoms with Crippen LogP contribution >= 0.6 is 15.9 Å². The first kappa shape index (κ1) is 11.4. The van der Waals surface area contributed by atoms with Crippen molar-refractivity contribution in [1.82, 2.24) is 0 Å². The molecule has 0 amide bonds. The lowest BCUT2D eigenvalue weighted by molar-refractivity contribution is 0.437. The summed E-state index contributed by atoms with van der Waals surface area (Å²) in [7, 11) is 0. The van der Waals surface area contributed by atoms with E-state index in [4.69, 9.17) is 10.2 Å². The van der Waals surface area contributed by atoms with Crippen LogP contribution < -0.4 is 5.73 Å². The second-order valence-corrected chi connectivity index (χ2v) is 4.55. The third-order valence-corrected chi connectivity index (χ3v) is 2.97. The Kier molecular flexibility index (Phi) is 3.80. The number of halogens is 1. The van der Waals surface area contributed by atoms with Crippen molar-refractivity contribution >= 4 is 15.9 Å². The molecule has 0 aliphatic carbocycles. The van der Waals surface area contributed by atoms with E-state index in [-0.39, 0.29) is 6.04 Å². The monoisotopic (exact) mass is 279 g/mol. The van der Waals surface area contributed by atoms with Gasteiger partial charge in [-0.15, -0.1) is 0 Å². The predicted molar refractivity (Wildman–Crippen MR) is 68.1 cm³/mol. The molecule has 2 nitrogen and oxygen atoms in total. The Labute approximate surface area is 104 Å². The Morgan fingerprint density at radius 2 is 1.88 bits per heavy atom. The molecule has 1 aromatic carbocycles. The number of benzene rings is 1. The summed E-state index contributed by atoms with van der Waals surface area (Å²) in [5.74, 6) is 0.836. The average molecular weight is 280 g/mol. The first-order chi connectivity index (χ1) is 7.75. The smallest absolute Gasteiger partial charge is 0.169 e. The molecule has 3 heteroatoms. The summed E-state index contributed by atoms with van der Waals surface area (Å²) in [5.41, 5.74) is 7.35. The van der Waals surface area contributed by atoms with Crippen molar-refractivity contribution < 1.29 is 4.42 Å². The van der Waals surface area contributed by atoms with Crippen LogP contribution in [0, 0.1) is 0 Å². The standard InChI is InChI=1S/C13H14BrNO/c14-13-9-8-12(16-13)11(15)7-6-10-4-2-1-3-5-10/h1-5,8-9,11H,6-7,15H2. The Hall–Kier alpha value is -1.06. The number of hydrogen-bond acceptors (Lipinski definition) is 2. The Morgan fingerprint density at radius 3 is 2.50 bits per heavy atom. The number of nitrogens with two attached hydrogens (primary N) is 1. The van der Waals surface area contributed by atoms with Gasteiger partial charge in [0.25, 0.3) is 0 Å². The van der Waals surface area contributed by atoms with Crippen LogP contribution in [0.15, 0.2) is 51.6 Å². The van der Waals surface area contributed by atoms with E-state index in [1.165, 1.54) is 5.56 Å². The first-order valence-electron chi connectivity index (χ1n) is 5.30. The summed E-state index contributed by atoms with van der Waals surface area (Å²) in [4.78, 5) is 0. The minimum atomic E-state index is -0.0356. The van der Waals surface area contributed by atoms with E-state index in [9.17, 15) is 0 Å². The largest absolute Gasteiger partial charge is 0.453 e. The van der Waals surface area contributed by atoms with Gasteiger partial charge >= 0.3 is 0 Å². The normalized spacial score (nSPS) is 12.6. The van der Waals surface area contributed by atoms with Crippen LogP contribution in [0.1, 0.15) is 23.8 Å². The maximum atomic E-state index is 6.04. The minimum absolute atomic E-state index is 0.0356. The lowest BCUT2D eigenvalue weighted by atomic mass is 10.0. The molecule has 2 N–H and O–H groups in total. The van der Waals surface area contributed by atoms with Crippen molar-refractivity contribution in [2.24, 2.45) is 5.73 Å². The van der Waals surface area contributed by atoms with Crippen molar-refractivity contribution in [3.8, 4) is 0 Å². The molecular formula is C13H14BrNO. The van der Waals surface area contributed by atoms with Crippen LogP contribution in [-0.4, -0.2) is 0 Å². The molecule has 0 saturated heterocycles. The van der Waals surface area contributed by atoms with Crippen molar-refractivity contribution in [2.45, 2.75) is 18.9 Å². The van der Waals surface area contributed by atoms with Crippen LogP contribution in [0.3, 0.4) is 0 Å². The fourth-order valence-electron chi connectivity index (χ4n) is 1.64. The molecule has 0 aliphatic rings. The first-order valence-corrected chi connectivity index (χ1v) is 6.10. The molecule has 1 atom stereocenters. The van der Waals surface area contributed by atoms with E-state index in [0.717, 1.165) is 23.3 Å². The van der Waals surface area contributed by atoms with Gasteiger partial charge in [0.15, 0.2) is 4.67 Å². The zero-order valence-electron chi connectivity index (χ0n) is 8.90. The van der Waals surface area contributed by atoms with Gasteiger partial charge in [0, 0.05) is 0 Å². The van der Waals surface area contributed by atoms with E-state index in [0.29, 0.717) is 0 Å². The molecule has 2 aromatic rings. The lowest BCUT2D eigenvalue weighted by Gasteiger charge is -2.08. The van der Waals surface area contributed by atoms with Gasteiger partial charge in [0.1, 0.15) is 5.76 Å². The maximum Gasteiger partial charge on any atom is 0.169 e. The highest BCUT2D eigenvalue weighted by Gasteiger charge is 2.10. The summed E-state index contributed by atoms with van der Waals surface area (Å²) in [6, 6.07) is 14.1. The van der Waals surface area contributed by atoms with Crippen molar-refractivity contribution in [1.29, 1.82) is 0 Å². The molecule has 1 unspecified atom stereocenters. The Balaban J connectivity index is 1.91. The van der Waals surface area contributed by atoms with E-state index in [2.05, 4.69) is 28.1 Å². The van der Waals surface area contributed by atoms with Crippen LogP contribution in [0.4, 0.5) is 0 Å². The van der Waals surface area contributed by atoms with Crippen LogP contribution in [-0.2, 0) is 6.42 Å². The van der Waals surface area contributed by atoms with Crippen molar-refractivity contribution in [2.75, 3.05) is 0 Å². The molecule has 16 heavy (non-hydrogen) atoms. The summed E-state index contributed by atoms with van der Waals surface area (Å²) < 4.78 is 6.16. The van der Waals surface area contributed by atoms with Crippen LogP contribution in [0.25, 0.3) is 0 Å². The Bertz CT molecular complexity index is 438. The summed E-state index contributed by atoms with van der Waals surface area (Å²) >= 11 is 3.27. The van der Waals surface area contributed by atoms with Gasteiger partial charge in [-0.25, -0.2) is 0 Å². The second kappa shape index (κ2) is 5.32. The minimum Gasteiger partial charge on any atom is -0.453 e. The SMILES string of the molecule is NC(CCc1ccccc1)c1ccc(Br)o1. The predicted octanol–water partition coefficient (Wildman–Crippen LogP) is 3.67.